The van der Waals surface area contributed by atoms with Crippen molar-refractivity contribution in [2.45, 2.75) is 19.4 Å². The van der Waals surface area contributed by atoms with Gasteiger partial charge in [0.1, 0.15) is 0 Å². The van der Waals surface area contributed by atoms with E-state index in [-0.39, 0.29) is 17.8 Å². The SMILES string of the molecule is Cc1ccc([N+](=O)[O-])cc1C(=O)NCC(C)(O)CN(C)C. The van der Waals surface area contributed by atoms with E-state index in [9.17, 15) is 20.0 Å². The maximum absolute atomic E-state index is 12.1. The summed E-state index contributed by atoms with van der Waals surface area (Å²) in [5, 5.41) is 23.5. The first-order chi connectivity index (χ1) is 9.62. The summed E-state index contributed by atoms with van der Waals surface area (Å²) in [6.07, 6.45) is 0. The highest BCUT2D eigenvalue weighted by Crippen LogP contribution is 2.17. The Morgan fingerprint density at radius 2 is 2.10 bits per heavy atom. The minimum absolute atomic E-state index is 0.0617. The predicted molar refractivity (Wildman–Crippen MR) is 79.3 cm³/mol. The molecule has 21 heavy (non-hydrogen) atoms. The van der Waals surface area contributed by atoms with Crippen LogP contribution in [0.2, 0.25) is 0 Å². The number of carbonyl (C=O) groups is 1. The molecular formula is C14H21N3O4. The van der Waals surface area contributed by atoms with Crippen LogP contribution >= 0.6 is 0 Å². The fraction of sp³-hybridized carbons (Fsp3) is 0.500. The maximum Gasteiger partial charge on any atom is 0.270 e. The Bertz CT molecular complexity index is 541. The molecule has 0 aliphatic rings. The zero-order chi connectivity index (χ0) is 16.2. The number of rotatable bonds is 6. The highest BCUT2D eigenvalue weighted by molar-refractivity contribution is 5.96. The van der Waals surface area contributed by atoms with Crippen LogP contribution in [-0.4, -0.2) is 53.6 Å². The molecule has 1 rings (SSSR count). The molecule has 0 aromatic heterocycles. The van der Waals surface area contributed by atoms with Crippen LogP contribution < -0.4 is 5.32 Å². The number of hydrogen-bond donors (Lipinski definition) is 2. The summed E-state index contributed by atoms with van der Waals surface area (Å²) < 4.78 is 0. The number of hydrogen-bond acceptors (Lipinski definition) is 5. The van der Waals surface area contributed by atoms with Crippen LogP contribution in [0.3, 0.4) is 0 Å². The first kappa shape index (κ1) is 17.1. The summed E-state index contributed by atoms with van der Waals surface area (Å²) in [7, 11) is 3.64. The van der Waals surface area contributed by atoms with Crippen molar-refractivity contribution in [1.29, 1.82) is 0 Å². The van der Waals surface area contributed by atoms with Gasteiger partial charge in [0.2, 0.25) is 0 Å². The summed E-state index contributed by atoms with van der Waals surface area (Å²) in [6.45, 7) is 3.78. The molecule has 0 heterocycles. The molecule has 1 atom stereocenters. The third kappa shape index (κ3) is 5.13. The lowest BCUT2D eigenvalue weighted by atomic mass is 10.0. The smallest absolute Gasteiger partial charge is 0.270 e. The van der Waals surface area contributed by atoms with E-state index in [1.165, 1.54) is 18.2 Å². The first-order valence-electron chi connectivity index (χ1n) is 6.53. The largest absolute Gasteiger partial charge is 0.387 e. The molecule has 0 aliphatic heterocycles. The molecule has 116 valence electrons. The third-order valence-corrected chi connectivity index (χ3v) is 2.96. The van der Waals surface area contributed by atoms with Crippen LogP contribution in [0.4, 0.5) is 5.69 Å². The minimum Gasteiger partial charge on any atom is -0.387 e. The Hall–Kier alpha value is -1.99. The molecule has 0 saturated heterocycles. The number of aliphatic hydroxyl groups is 1. The van der Waals surface area contributed by atoms with Gasteiger partial charge in [-0.1, -0.05) is 6.07 Å². The normalized spacial score (nSPS) is 13.8. The number of nitro benzene ring substituents is 1. The van der Waals surface area contributed by atoms with Crippen LogP contribution in [0, 0.1) is 17.0 Å². The molecule has 0 fully saturated rings. The van der Waals surface area contributed by atoms with Gasteiger partial charge < -0.3 is 15.3 Å². The van der Waals surface area contributed by atoms with E-state index in [0.29, 0.717) is 12.1 Å². The number of amides is 1. The van der Waals surface area contributed by atoms with Crippen LogP contribution in [0.5, 0.6) is 0 Å². The summed E-state index contributed by atoms with van der Waals surface area (Å²) in [6, 6.07) is 4.13. The zero-order valence-corrected chi connectivity index (χ0v) is 12.7. The van der Waals surface area contributed by atoms with Gasteiger partial charge in [0.25, 0.3) is 11.6 Å². The molecule has 1 unspecified atom stereocenters. The van der Waals surface area contributed by atoms with Gasteiger partial charge in [0.15, 0.2) is 0 Å². The van der Waals surface area contributed by atoms with Crippen LogP contribution in [0.1, 0.15) is 22.8 Å². The third-order valence-electron chi connectivity index (χ3n) is 2.96. The van der Waals surface area contributed by atoms with Crippen molar-refractivity contribution in [2.75, 3.05) is 27.2 Å². The number of nitrogens with zero attached hydrogens (tertiary/aromatic N) is 2. The average Bonchev–Trinajstić information content (AvgIpc) is 2.34. The van der Waals surface area contributed by atoms with E-state index < -0.39 is 16.4 Å². The lowest BCUT2D eigenvalue weighted by molar-refractivity contribution is -0.384. The van der Waals surface area contributed by atoms with Gasteiger partial charge in [0, 0.05) is 30.8 Å². The number of carbonyl (C=O) groups excluding carboxylic acids is 1. The van der Waals surface area contributed by atoms with Gasteiger partial charge in [-0.05, 0) is 33.5 Å². The number of aryl methyl sites for hydroxylation is 1. The van der Waals surface area contributed by atoms with Crippen molar-refractivity contribution in [3.63, 3.8) is 0 Å². The second-order valence-corrected chi connectivity index (χ2v) is 5.67. The predicted octanol–water partition coefficient (Wildman–Crippen LogP) is 0.946. The molecule has 2 N–H and O–H groups in total. The van der Waals surface area contributed by atoms with Crippen molar-refractivity contribution in [3.05, 3.63) is 39.4 Å². The first-order valence-corrected chi connectivity index (χ1v) is 6.53. The molecule has 7 nitrogen and oxygen atoms in total. The van der Waals surface area contributed by atoms with Gasteiger partial charge in [-0.3, -0.25) is 14.9 Å². The molecular weight excluding hydrogens is 274 g/mol. The minimum atomic E-state index is -1.08. The number of nitro groups is 1. The summed E-state index contributed by atoms with van der Waals surface area (Å²) in [5.41, 5.74) is -0.325. The van der Waals surface area contributed by atoms with E-state index in [2.05, 4.69) is 5.32 Å². The molecule has 0 bridgehead atoms. The van der Waals surface area contributed by atoms with Crippen LogP contribution in [-0.2, 0) is 0 Å². The standard InChI is InChI=1S/C14H21N3O4/c1-10-5-6-11(17(20)21)7-12(10)13(18)15-8-14(2,19)9-16(3)4/h5-7,19H,8-9H2,1-4H3,(H,15,18). The molecule has 1 aromatic carbocycles. The Morgan fingerprint density at radius 1 is 1.48 bits per heavy atom. The Kier molecular flexibility index (Phi) is 5.40. The summed E-state index contributed by atoms with van der Waals surface area (Å²) in [4.78, 5) is 24.1. The molecule has 0 radical (unpaired) electrons. The second kappa shape index (κ2) is 6.64. The highest BCUT2D eigenvalue weighted by Gasteiger charge is 2.23. The molecule has 7 heteroatoms. The zero-order valence-electron chi connectivity index (χ0n) is 12.7. The lowest BCUT2D eigenvalue weighted by Gasteiger charge is -2.27. The van der Waals surface area contributed by atoms with Crippen molar-refractivity contribution in [3.8, 4) is 0 Å². The molecule has 0 spiro atoms. The maximum atomic E-state index is 12.1. The second-order valence-electron chi connectivity index (χ2n) is 5.67. The van der Waals surface area contributed by atoms with E-state index in [1.54, 1.807) is 13.8 Å². The summed E-state index contributed by atoms with van der Waals surface area (Å²) in [5.74, 6) is -0.435. The topological polar surface area (TPSA) is 95.7 Å². The number of nitrogens with one attached hydrogen (secondary N) is 1. The van der Waals surface area contributed by atoms with Crippen molar-refractivity contribution in [1.82, 2.24) is 10.2 Å². The van der Waals surface area contributed by atoms with Gasteiger partial charge in [-0.25, -0.2) is 0 Å². The van der Waals surface area contributed by atoms with Gasteiger partial charge in [-0.15, -0.1) is 0 Å². The number of benzene rings is 1. The molecule has 0 aliphatic carbocycles. The van der Waals surface area contributed by atoms with E-state index >= 15 is 0 Å². The lowest BCUT2D eigenvalue weighted by Crippen LogP contribution is -2.47. The number of likely N-dealkylation sites (N-methyl/N-ethyl adjacent to an activating group) is 1. The van der Waals surface area contributed by atoms with Gasteiger partial charge in [0.05, 0.1) is 10.5 Å². The van der Waals surface area contributed by atoms with E-state index in [1.807, 2.05) is 19.0 Å². The van der Waals surface area contributed by atoms with Gasteiger partial charge in [-0.2, -0.15) is 0 Å². The van der Waals surface area contributed by atoms with Gasteiger partial charge >= 0.3 is 0 Å². The fourth-order valence-corrected chi connectivity index (χ4v) is 2.07. The Morgan fingerprint density at radius 3 is 2.62 bits per heavy atom. The highest BCUT2D eigenvalue weighted by atomic mass is 16.6. The Labute approximate surface area is 123 Å². The fourth-order valence-electron chi connectivity index (χ4n) is 2.07. The number of non-ortho nitro benzene ring substituents is 1. The van der Waals surface area contributed by atoms with Crippen LogP contribution in [0.15, 0.2) is 18.2 Å². The molecule has 0 saturated carbocycles. The van der Waals surface area contributed by atoms with Crippen LogP contribution in [0.25, 0.3) is 0 Å². The average molecular weight is 295 g/mol. The van der Waals surface area contributed by atoms with Crippen molar-refractivity contribution >= 4 is 11.6 Å². The summed E-state index contributed by atoms with van der Waals surface area (Å²) >= 11 is 0. The van der Waals surface area contributed by atoms with E-state index in [0.717, 1.165) is 0 Å². The van der Waals surface area contributed by atoms with Crippen molar-refractivity contribution < 1.29 is 14.8 Å². The monoisotopic (exact) mass is 295 g/mol. The van der Waals surface area contributed by atoms with E-state index in [4.69, 9.17) is 0 Å². The molecule has 1 amide bonds. The quantitative estimate of drug-likeness (QED) is 0.601. The molecule has 1 aromatic rings. The van der Waals surface area contributed by atoms with Crippen molar-refractivity contribution in [2.24, 2.45) is 0 Å². The Balaban J connectivity index is 2.80.